The van der Waals surface area contributed by atoms with Crippen LogP contribution in [0.15, 0.2) is 0 Å². The first kappa shape index (κ1) is 12.3. The second-order valence-corrected chi connectivity index (χ2v) is 4.93. The van der Waals surface area contributed by atoms with Gasteiger partial charge in [0.05, 0.1) is 25.4 Å². The topological polar surface area (TPSA) is 33.7 Å². The Morgan fingerprint density at radius 2 is 2.25 bits per heavy atom. The molecule has 16 heavy (non-hydrogen) atoms. The molecule has 2 heterocycles. The lowest BCUT2D eigenvalue weighted by Gasteiger charge is -2.36. The molecule has 1 N–H and O–H groups in total. The molecule has 2 rings (SSSR count). The van der Waals surface area contributed by atoms with Crippen LogP contribution in [-0.4, -0.2) is 63.0 Å². The molecule has 4 nitrogen and oxygen atoms in total. The maximum atomic E-state index is 5.89. The lowest BCUT2D eigenvalue weighted by Crippen LogP contribution is -2.52. The third-order valence-electron chi connectivity index (χ3n) is 3.55. The van der Waals surface area contributed by atoms with E-state index in [9.17, 15) is 0 Å². The first-order chi connectivity index (χ1) is 7.79. The van der Waals surface area contributed by atoms with Crippen LogP contribution in [0, 0.1) is 0 Å². The summed E-state index contributed by atoms with van der Waals surface area (Å²) in [6.07, 6.45) is 3.32. The molecule has 3 unspecified atom stereocenters. The van der Waals surface area contributed by atoms with E-state index in [0.717, 1.165) is 32.8 Å². The molecule has 0 amide bonds. The van der Waals surface area contributed by atoms with Gasteiger partial charge in [-0.15, -0.1) is 0 Å². The Bertz CT molecular complexity index is 211. The maximum Gasteiger partial charge on any atom is 0.0706 e. The highest BCUT2D eigenvalue weighted by Gasteiger charge is 2.28. The Morgan fingerprint density at radius 3 is 2.94 bits per heavy atom. The molecule has 0 aromatic rings. The van der Waals surface area contributed by atoms with Gasteiger partial charge in [-0.1, -0.05) is 0 Å². The first-order valence-electron chi connectivity index (χ1n) is 6.41. The largest absolute Gasteiger partial charge is 0.378 e. The summed E-state index contributed by atoms with van der Waals surface area (Å²) in [6, 6.07) is 0.512. The lowest BCUT2D eigenvalue weighted by atomic mass is 10.1. The van der Waals surface area contributed by atoms with Gasteiger partial charge < -0.3 is 14.8 Å². The van der Waals surface area contributed by atoms with Crippen LogP contribution in [0.5, 0.6) is 0 Å². The summed E-state index contributed by atoms with van der Waals surface area (Å²) in [5, 5.41) is 3.24. The van der Waals surface area contributed by atoms with Crippen LogP contribution in [0.25, 0.3) is 0 Å². The number of ether oxygens (including phenoxy) is 2. The fraction of sp³-hybridized carbons (Fsp3) is 1.00. The molecular formula is C12H24N2O2. The molecule has 0 saturated carbocycles. The minimum absolute atomic E-state index is 0.437. The number of nitrogens with one attached hydrogen (secondary N) is 1. The van der Waals surface area contributed by atoms with E-state index in [2.05, 4.69) is 17.1 Å². The van der Waals surface area contributed by atoms with Gasteiger partial charge in [0.2, 0.25) is 0 Å². The Kier molecular flexibility index (Phi) is 4.58. The lowest BCUT2D eigenvalue weighted by molar-refractivity contribution is -0.0377. The van der Waals surface area contributed by atoms with Gasteiger partial charge >= 0.3 is 0 Å². The number of nitrogens with zero attached hydrogens (tertiary/aromatic N) is 1. The molecule has 94 valence electrons. The predicted molar refractivity (Wildman–Crippen MR) is 63.7 cm³/mol. The molecule has 0 aromatic carbocycles. The monoisotopic (exact) mass is 228 g/mol. The molecular weight excluding hydrogens is 204 g/mol. The van der Waals surface area contributed by atoms with Crippen molar-refractivity contribution < 1.29 is 9.47 Å². The van der Waals surface area contributed by atoms with Gasteiger partial charge in [0, 0.05) is 25.7 Å². The zero-order valence-corrected chi connectivity index (χ0v) is 10.4. The summed E-state index contributed by atoms with van der Waals surface area (Å²) in [7, 11) is 2.00. The van der Waals surface area contributed by atoms with Gasteiger partial charge in [0.15, 0.2) is 0 Å². The molecule has 0 aromatic heterocycles. The van der Waals surface area contributed by atoms with Crippen molar-refractivity contribution in [1.29, 1.82) is 0 Å². The molecule has 0 aliphatic carbocycles. The quantitative estimate of drug-likeness (QED) is 0.758. The van der Waals surface area contributed by atoms with Gasteiger partial charge in [-0.25, -0.2) is 0 Å². The normalized spacial score (nSPS) is 36.8. The van der Waals surface area contributed by atoms with Crippen molar-refractivity contribution >= 4 is 0 Å². The molecule has 2 aliphatic rings. The minimum Gasteiger partial charge on any atom is -0.378 e. The van der Waals surface area contributed by atoms with E-state index in [1.807, 2.05) is 7.05 Å². The van der Waals surface area contributed by atoms with Crippen LogP contribution in [0.1, 0.15) is 19.8 Å². The summed E-state index contributed by atoms with van der Waals surface area (Å²) < 4.78 is 11.4. The van der Waals surface area contributed by atoms with Crippen molar-refractivity contribution in [3.63, 3.8) is 0 Å². The molecule has 2 fully saturated rings. The summed E-state index contributed by atoms with van der Waals surface area (Å²) in [4.78, 5) is 2.52. The molecule has 2 aliphatic heterocycles. The second kappa shape index (κ2) is 5.96. The molecule has 0 radical (unpaired) electrons. The first-order valence-corrected chi connectivity index (χ1v) is 6.41. The number of morpholine rings is 1. The average Bonchev–Trinajstić information content (AvgIpc) is 2.67. The van der Waals surface area contributed by atoms with Gasteiger partial charge in [-0.2, -0.15) is 0 Å². The Hall–Kier alpha value is -0.160. The molecule has 4 heteroatoms. The molecule has 0 spiro atoms. The van der Waals surface area contributed by atoms with Gasteiger partial charge in [-0.3, -0.25) is 4.90 Å². The van der Waals surface area contributed by atoms with E-state index in [1.165, 1.54) is 12.8 Å². The number of likely N-dealkylation sites (N-methyl/N-ethyl adjacent to an activating group) is 1. The third kappa shape index (κ3) is 3.17. The standard InChI is InChI=1S/C12H24N2O2/c1-10-3-4-12(16-10)8-14-5-6-15-9-11(14)7-13-2/h10-13H,3-9H2,1-2H3. The van der Waals surface area contributed by atoms with Crippen molar-refractivity contribution in [3.05, 3.63) is 0 Å². The summed E-state index contributed by atoms with van der Waals surface area (Å²) in [6.45, 7) is 7.00. The van der Waals surface area contributed by atoms with Crippen LogP contribution in [0.4, 0.5) is 0 Å². The fourth-order valence-corrected chi connectivity index (χ4v) is 2.63. The Labute approximate surface area is 98.3 Å². The highest BCUT2D eigenvalue weighted by atomic mass is 16.5. The van der Waals surface area contributed by atoms with Crippen molar-refractivity contribution in [2.24, 2.45) is 0 Å². The fourth-order valence-electron chi connectivity index (χ4n) is 2.63. The summed E-state index contributed by atoms with van der Waals surface area (Å²) >= 11 is 0. The third-order valence-corrected chi connectivity index (χ3v) is 3.55. The number of hydrogen-bond acceptors (Lipinski definition) is 4. The zero-order chi connectivity index (χ0) is 11.4. The van der Waals surface area contributed by atoms with Crippen LogP contribution in [0.2, 0.25) is 0 Å². The van der Waals surface area contributed by atoms with Crippen LogP contribution in [0.3, 0.4) is 0 Å². The van der Waals surface area contributed by atoms with Crippen LogP contribution in [-0.2, 0) is 9.47 Å². The second-order valence-electron chi connectivity index (χ2n) is 4.93. The van der Waals surface area contributed by atoms with E-state index in [-0.39, 0.29) is 0 Å². The van der Waals surface area contributed by atoms with E-state index in [4.69, 9.17) is 9.47 Å². The van der Waals surface area contributed by atoms with Crippen molar-refractivity contribution in [1.82, 2.24) is 10.2 Å². The summed E-state index contributed by atoms with van der Waals surface area (Å²) in [5.41, 5.74) is 0. The van der Waals surface area contributed by atoms with E-state index >= 15 is 0 Å². The Morgan fingerprint density at radius 1 is 1.38 bits per heavy atom. The number of rotatable bonds is 4. The van der Waals surface area contributed by atoms with Gasteiger partial charge in [0.1, 0.15) is 0 Å². The minimum atomic E-state index is 0.437. The van der Waals surface area contributed by atoms with Crippen molar-refractivity contribution in [3.8, 4) is 0 Å². The highest BCUT2D eigenvalue weighted by molar-refractivity contribution is 4.81. The van der Waals surface area contributed by atoms with Crippen LogP contribution >= 0.6 is 0 Å². The molecule has 0 bridgehead atoms. The molecule has 2 saturated heterocycles. The Balaban J connectivity index is 1.81. The maximum absolute atomic E-state index is 5.89. The highest BCUT2D eigenvalue weighted by Crippen LogP contribution is 2.21. The van der Waals surface area contributed by atoms with Gasteiger partial charge in [-0.05, 0) is 26.8 Å². The van der Waals surface area contributed by atoms with Gasteiger partial charge in [0.25, 0.3) is 0 Å². The van der Waals surface area contributed by atoms with E-state index in [0.29, 0.717) is 18.2 Å². The smallest absolute Gasteiger partial charge is 0.0706 e. The van der Waals surface area contributed by atoms with Crippen molar-refractivity contribution in [2.45, 2.75) is 38.0 Å². The van der Waals surface area contributed by atoms with E-state index < -0.39 is 0 Å². The predicted octanol–water partition coefficient (Wildman–Crippen LogP) is 0.474. The van der Waals surface area contributed by atoms with Crippen LogP contribution < -0.4 is 5.32 Å². The zero-order valence-electron chi connectivity index (χ0n) is 10.4. The van der Waals surface area contributed by atoms with Crippen molar-refractivity contribution in [2.75, 3.05) is 39.9 Å². The SMILES string of the molecule is CNCC1COCCN1CC1CCC(C)O1. The average molecular weight is 228 g/mol. The molecule has 3 atom stereocenters. The van der Waals surface area contributed by atoms with E-state index in [1.54, 1.807) is 0 Å². The summed E-state index contributed by atoms with van der Waals surface area (Å²) in [5.74, 6) is 0. The number of hydrogen-bond donors (Lipinski definition) is 1.